The van der Waals surface area contributed by atoms with Crippen LogP contribution in [-0.2, 0) is 0 Å². The molecular weight excluding hydrogens is 321 g/mol. The molecule has 2 N–H and O–H groups in total. The molecule has 0 amide bonds. The summed E-state index contributed by atoms with van der Waals surface area (Å²) >= 11 is 1.98. The van der Waals surface area contributed by atoms with Crippen molar-refractivity contribution in [3.05, 3.63) is 11.6 Å². The first kappa shape index (κ1) is 15.1. The lowest BCUT2D eigenvalue weighted by atomic mass is 10.3. The minimum atomic E-state index is 0. The number of rotatable bonds is 2. The standard InChI is InChI=1S/C10H19N3S.HI/c1-9(2)3-4-12-10(11)13-5-7-14-8-6-13;/h3H,4-8H2,1-2H3,(H2,11,12);1H. The van der Waals surface area contributed by atoms with Crippen LogP contribution in [0.15, 0.2) is 16.6 Å². The average Bonchev–Trinajstić information content (AvgIpc) is 2.18. The number of aliphatic imine (C=N–C) groups is 1. The van der Waals surface area contributed by atoms with Crippen LogP contribution in [0.5, 0.6) is 0 Å². The number of guanidine groups is 1. The maximum Gasteiger partial charge on any atom is 0.191 e. The summed E-state index contributed by atoms with van der Waals surface area (Å²) in [5.74, 6) is 3.03. The third-order valence-electron chi connectivity index (χ3n) is 2.09. The Morgan fingerprint density at radius 3 is 2.53 bits per heavy atom. The number of hydrogen-bond acceptors (Lipinski definition) is 2. The summed E-state index contributed by atoms with van der Waals surface area (Å²) in [5.41, 5.74) is 7.16. The molecule has 0 aromatic heterocycles. The van der Waals surface area contributed by atoms with Crippen molar-refractivity contribution in [2.75, 3.05) is 31.1 Å². The zero-order valence-electron chi connectivity index (χ0n) is 9.40. The van der Waals surface area contributed by atoms with E-state index in [0.717, 1.165) is 13.1 Å². The van der Waals surface area contributed by atoms with Gasteiger partial charge in [-0.3, -0.25) is 0 Å². The van der Waals surface area contributed by atoms with E-state index < -0.39 is 0 Å². The van der Waals surface area contributed by atoms with Gasteiger partial charge in [0.2, 0.25) is 0 Å². The predicted octanol–water partition coefficient (Wildman–Crippen LogP) is 1.93. The summed E-state index contributed by atoms with van der Waals surface area (Å²) in [7, 11) is 0. The average molecular weight is 341 g/mol. The van der Waals surface area contributed by atoms with Gasteiger partial charge in [-0.15, -0.1) is 24.0 Å². The Balaban J connectivity index is 0.00000196. The van der Waals surface area contributed by atoms with Crippen LogP contribution in [0.1, 0.15) is 13.8 Å². The van der Waals surface area contributed by atoms with Crippen LogP contribution in [0.2, 0.25) is 0 Å². The summed E-state index contributed by atoms with van der Waals surface area (Å²) in [5, 5.41) is 0. The highest BCUT2D eigenvalue weighted by atomic mass is 127. The molecule has 88 valence electrons. The highest BCUT2D eigenvalue weighted by Gasteiger charge is 2.11. The number of thioether (sulfide) groups is 1. The van der Waals surface area contributed by atoms with Crippen LogP contribution in [0.25, 0.3) is 0 Å². The molecule has 1 fully saturated rings. The second-order valence-electron chi connectivity index (χ2n) is 3.58. The van der Waals surface area contributed by atoms with Crippen molar-refractivity contribution in [2.45, 2.75) is 13.8 Å². The molecule has 0 unspecified atom stereocenters. The van der Waals surface area contributed by atoms with Gasteiger partial charge in [0.05, 0.1) is 6.54 Å². The molecule has 0 bridgehead atoms. The zero-order chi connectivity index (χ0) is 10.4. The lowest BCUT2D eigenvalue weighted by molar-refractivity contribution is 0.456. The van der Waals surface area contributed by atoms with E-state index in [4.69, 9.17) is 5.73 Å². The Bertz CT molecular complexity index is 231. The molecule has 0 aromatic carbocycles. The molecule has 1 saturated heterocycles. The molecule has 0 aromatic rings. The van der Waals surface area contributed by atoms with Crippen molar-refractivity contribution in [2.24, 2.45) is 10.7 Å². The van der Waals surface area contributed by atoms with Gasteiger partial charge in [0, 0.05) is 24.6 Å². The van der Waals surface area contributed by atoms with Crippen LogP contribution in [0.3, 0.4) is 0 Å². The van der Waals surface area contributed by atoms with Gasteiger partial charge in [0.15, 0.2) is 5.96 Å². The first-order valence-electron chi connectivity index (χ1n) is 4.96. The zero-order valence-corrected chi connectivity index (χ0v) is 12.5. The monoisotopic (exact) mass is 341 g/mol. The number of allylic oxidation sites excluding steroid dienone is 1. The molecule has 1 aliphatic rings. The van der Waals surface area contributed by atoms with Gasteiger partial charge < -0.3 is 10.6 Å². The van der Waals surface area contributed by atoms with E-state index in [1.165, 1.54) is 17.1 Å². The molecule has 0 radical (unpaired) electrons. The lowest BCUT2D eigenvalue weighted by Crippen LogP contribution is -2.42. The van der Waals surface area contributed by atoms with Gasteiger partial charge in [-0.2, -0.15) is 11.8 Å². The maximum absolute atomic E-state index is 5.87. The summed E-state index contributed by atoms with van der Waals surface area (Å²) < 4.78 is 0. The van der Waals surface area contributed by atoms with Gasteiger partial charge in [0.1, 0.15) is 0 Å². The maximum atomic E-state index is 5.87. The molecule has 0 spiro atoms. The van der Waals surface area contributed by atoms with E-state index >= 15 is 0 Å². The van der Waals surface area contributed by atoms with E-state index in [2.05, 4.69) is 29.8 Å². The first-order valence-corrected chi connectivity index (χ1v) is 6.11. The molecule has 1 heterocycles. The fourth-order valence-electron chi connectivity index (χ4n) is 1.21. The number of nitrogens with zero attached hydrogens (tertiary/aromatic N) is 2. The first-order chi connectivity index (χ1) is 6.70. The highest BCUT2D eigenvalue weighted by Crippen LogP contribution is 2.08. The second-order valence-corrected chi connectivity index (χ2v) is 4.80. The normalized spacial score (nSPS) is 16.9. The van der Waals surface area contributed by atoms with Gasteiger partial charge in [-0.05, 0) is 13.8 Å². The Hall–Kier alpha value is 0.0900. The van der Waals surface area contributed by atoms with Crippen molar-refractivity contribution in [1.82, 2.24) is 4.90 Å². The van der Waals surface area contributed by atoms with Crippen LogP contribution >= 0.6 is 35.7 Å². The van der Waals surface area contributed by atoms with E-state index in [1.807, 2.05) is 11.8 Å². The molecule has 0 atom stereocenters. The van der Waals surface area contributed by atoms with Crippen molar-refractivity contribution < 1.29 is 0 Å². The molecule has 1 rings (SSSR count). The molecule has 1 aliphatic heterocycles. The van der Waals surface area contributed by atoms with Crippen molar-refractivity contribution in [3.8, 4) is 0 Å². The van der Waals surface area contributed by atoms with Crippen LogP contribution in [0, 0.1) is 0 Å². The predicted molar refractivity (Wildman–Crippen MR) is 80.2 cm³/mol. The molecular formula is C10H20IN3S. The van der Waals surface area contributed by atoms with E-state index in [-0.39, 0.29) is 24.0 Å². The molecule has 0 saturated carbocycles. The highest BCUT2D eigenvalue weighted by molar-refractivity contribution is 14.0. The van der Waals surface area contributed by atoms with E-state index in [0.29, 0.717) is 12.5 Å². The Morgan fingerprint density at radius 2 is 2.00 bits per heavy atom. The largest absolute Gasteiger partial charge is 0.370 e. The van der Waals surface area contributed by atoms with Gasteiger partial charge in [0.25, 0.3) is 0 Å². The van der Waals surface area contributed by atoms with Crippen LogP contribution in [0.4, 0.5) is 0 Å². The Labute approximate surface area is 114 Å². The summed E-state index contributed by atoms with van der Waals surface area (Å²) in [6.07, 6.45) is 2.09. The number of nitrogens with two attached hydrogens (primary N) is 1. The van der Waals surface area contributed by atoms with Gasteiger partial charge in [-0.1, -0.05) is 11.6 Å². The molecule has 5 heteroatoms. The molecule has 3 nitrogen and oxygen atoms in total. The fraction of sp³-hybridized carbons (Fsp3) is 0.700. The lowest BCUT2D eigenvalue weighted by Gasteiger charge is -2.27. The van der Waals surface area contributed by atoms with Crippen molar-refractivity contribution >= 4 is 41.7 Å². The smallest absolute Gasteiger partial charge is 0.191 e. The van der Waals surface area contributed by atoms with Crippen LogP contribution < -0.4 is 5.73 Å². The van der Waals surface area contributed by atoms with Crippen molar-refractivity contribution in [1.29, 1.82) is 0 Å². The van der Waals surface area contributed by atoms with Crippen LogP contribution in [-0.4, -0.2) is 42.0 Å². The molecule has 0 aliphatic carbocycles. The Kier molecular flexibility index (Phi) is 8.32. The van der Waals surface area contributed by atoms with E-state index in [9.17, 15) is 0 Å². The summed E-state index contributed by atoms with van der Waals surface area (Å²) in [4.78, 5) is 6.48. The SMILES string of the molecule is CC(C)=CCN=C(N)N1CCSCC1.I. The third kappa shape index (κ3) is 6.29. The number of hydrogen-bond donors (Lipinski definition) is 1. The van der Waals surface area contributed by atoms with Crippen molar-refractivity contribution in [3.63, 3.8) is 0 Å². The van der Waals surface area contributed by atoms with E-state index in [1.54, 1.807) is 0 Å². The number of halogens is 1. The quantitative estimate of drug-likeness (QED) is 0.361. The molecule has 15 heavy (non-hydrogen) atoms. The minimum absolute atomic E-state index is 0. The fourth-order valence-corrected chi connectivity index (χ4v) is 2.12. The van der Waals surface area contributed by atoms with Gasteiger partial charge in [-0.25, -0.2) is 4.99 Å². The topological polar surface area (TPSA) is 41.6 Å². The van der Waals surface area contributed by atoms with Gasteiger partial charge >= 0.3 is 0 Å². The third-order valence-corrected chi connectivity index (χ3v) is 3.03. The Morgan fingerprint density at radius 1 is 1.40 bits per heavy atom. The summed E-state index contributed by atoms with van der Waals surface area (Å²) in [6, 6.07) is 0. The summed E-state index contributed by atoms with van der Waals surface area (Å²) in [6.45, 7) is 6.92. The second kappa shape index (κ2) is 8.27. The minimum Gasteiger partial charge on any atom is -0.370 e.